The molecule has 1 unspecified atom stereocenters. The molecule has 0 radical (unpaired) electrons. The summed E-state index contributed by atoms with van der Waals surface area (Å²) >= 11 is 0. The third kappa shape index (κ3) is 4.60. The standard InChI is InChI=1S/C14H22N2O2S/c1-11(16-10-2-3-12-4-5-12)13-6-8-14(9-7-13)19(15,17)18/h6-9,11-12,16H,2-5,10H2,1H3,(H2,15,17,18). The van der Waals surface area contributed by atoms with Gasteiger partial charge in [-0.15, -0.1) is 0 Å². The lowest BCUT2D eigenvalue weighted by molar-refractivity contribution is 0.533. The minimum absolute atomic E-state index is 0.164. The van der Waals surface area contributed by atoms with Crippen LogP contribution in [0.25, 0.3) is 0 Å². The van der Waals surface area contributed by atoms with Crippen LogP contribution in [-0.2, 0) is 10.0 Å². The molecule has 1 saturated carbocycles. The molecule has 1 atom stereocenters. The number of hydrogen-bond acceptors (Lipinski definition) is 3. The Labute approximate surface area is 115 Å². The van der Waals surface area contributed by atoms with Crippen molar-refractivity contribution in [3.63, 3.8) is 0 Å². The molecule has 0 heterocycles. The van der Waals surface area contributed by atoms with Crippen LogP contribution in [0.2, 0.25) is 0 Å². The van der Waals surface area contributed by atoms with Gasteiger partial charge in [0.05, 0.1) is 4.90 Å². The van der Waals surface area contributed by atoms with Gasteiger partial charge in [0.2, 0.25) is 10.0 Å². The highest BCUT2D eigenvalue weighted by molar-refractivity contribution is 7.89. The molecule has 1 aromatic carbocycles. The first-order chi connectivity index (χ1) is 8.97. The summed E-state index contributed by atoms with van der Waals surface area (Å²) in [6, 6.07) is 6.99. The summed E-state index contributed by atoms with van der Waals surface area (Å²) in [6.45, 7) is 3.09. The molecule has 1 aliphatic rings. The molecule has 1 aromatic rings. The molecule has 5 heteroatoms. The topological polar surface area (TPSA) is 72.2 Å². The summed E-state index contributed by atoms with van der Waals surface area (Å²) in [4.78, 5) is 0.164. The Morgan fingerprint density at radius 1 is 1.32 bits per heavy atom. The molecule has 19 heavy (non-hydrogen) atoms. The van der Waals surface area contributed by atoms with Crippen molar-refractivity contribution in [1.82, 2.24) is 5.32 Å². The summed E-state index contributed by atoms with van der Waals surface area (Å²) in [5.74, 6) is 0.978. The highest BCUT2D eigenvalue weighted by Crippen LogP contribution is 2.33. The largest absolute Gasteiger partial charge is 0.310 e. The molecule has 0 amide bonds. The molecule has 0 aliphatic heterocycles. The highest BCUT2D eigenvalue weighted by atomic mass is 32.2. The molecule has 2 rings (SSSR count). The second-order valence-corrected chi connectivity index (χ2v) is 6.94. The first-order valence-corrected chi connectivity index (χ1v) is 8.37. The Morgan fingerprint density at radius 2 is 1.95 bits per heavy atom. The molecule has 106 valence electrons. The molecule has 0 bridgehead atoms. The van der Waals surface area contributed by atoms with Crippen molar-refractivity contribution in [3.8, 4) is 0 Å². The first kappa shape index (κ1) is 14.5. The summed E-state index contributed by atoms with van der Waals surface area (Å²) < 4.78 is 22.3. The summed E-state index contributed by atoms with van der Waals surface area (Å²) in [5, 5.41) is 8.53. The van der Waals surface area contributed by atoms with Gasteiger partial charge in [0, 0.05) is 6.04 Å². The number of nitrogens with two attached hydrogens (primary N) is 1. The molecular formula is C14H22N2O2S. The van der Waals surface area contributed by atoms with Crippen LogP contribution < -0.4 is 10.5 Å². The fraction of sp³-hybridized carbons (Fsp3) is 0.571. The van der Waals surface area contributed by atoms with E-state index in [1.807, 2.05) is 12.1 Å². The number of hydrogen-bond donors (Lipinski definition) is 2. The number of primary sulfonamides is 1. The second kappa shape index (κ2) is 6.03. The van der Waals surface area contributed by atoms with Crippen LogP contribution in [0.15, 0.2) is 29.2 Å². The van der Waals surface area contributed by atoms with Gasteiger partial charge in [0.15, 0.2) is 0 Å². The van der Waals surface area contributed by atoms with E-state index in [0.29, 0.717) is 0 Å². The zero-order valence-corrected chi connectivity index (χ0v) is 12.1. The van der Waals surface area contributed by atoms with E-state index in [0.717, 1.165) is 18.0 Å². The van der Waals surface area contributed by atoms with Crippen LogP contribution in [0.3, 0.4) is 0 Å². The van der Waals surface area contributed by atoms with Crippen LogP contribution in [0.1, 0.15) is 44.2 Å². The second-order valence-electron chi connectivity index (χ2n) is 5.38. The molecule has 1 aliphatic carbocycles. The van der Waals surface area contributed by atoms with E-state index in [1.165, 1.54) is 25.7 Å². The molecule has 0 aromatic heterocycles. The lowest BCUT2D eigenvalue weighted by Crippen LogP contribution is -2.20. The van der Waals surface area contributed by atoms with E-state index in [9.17, 15) is 8.42 Å². The fourth-order valence-electron chi connectivity index (χ4n) is 2.18. The van der Waals surface area contributed by atoms with E-state index in [1.54, 1.807) is 12.1 Å². The van der Waals surface area contributed by atoms with Gasteiger partial charge in [-0.1, -0.05) is 25.0 Å². The molecule has 4 nitrogen and oxygen atoms in total. The van der Waals surface area contributed by atoms with Gasteiger partial charge in [-0.3, -0.25) is 0 Å². The van der Waals surface area contributed by atoms with Gasteiger partial charge >= 0.3 is 0 Å². The maximum absolute atomic E-state index is 11.2. The van der Waals surface area contributed by atoms with Gasteiger partial charge in [-0.25, -0.2) is 13.6 Å². The van der Waals surface area contributed by atoms with Crippen LogP contribution in [0.5, 0.6) is 0 Å². The lowest BCUT2D eigenvalue weighted by Gasteiger charge is -2.14. The molecular weight excluding hydrogens is 260 g/mol. The van der Waals surface area contributed by atoms with E-state index in [-0.39, 0.29) is 10.9 Å². The normalized spacial score (nSPS) is 17.4. The lowest BCUT2D eigenvalue weighted by atomic mass is 10.1. The van der Waals surface area contributed by atoms with Crippen LogP contribution in [-0.4, -0.2) is 15.0 Å². The fourth-order valence-corrected chi connectivity index (χ4v) is 2.70. The van der Waals surface area contributed by atoms with E-state index in [2.05, 4.69) is 12.2 Å². The molecule has 1 fully saturated rings. The Hall–Kier alpha value is -0.910. The molecule has 0 spiro atoms. The zero-order valence-electron chi connectivity index (χ0n) is 11.3. The van der Waals surface area contributed by atoms with Crippen LogP contribution in [0, 0.1) is 5.92 Å². The Bertz CT molecular complexity index is 507. The SMILES string of the molecule is CC(NCCCC1CC1)c1ccc(S(N)(=O)=O)cc1. The van der Waals surface area contributed by atoms with Gasteiger partial charge in [-0.2, -0.15) is 0 Å². The van der Waals surface area contributed by atoms with Crippen molar-refractivity contribution in [1.29, 1.82) is 0 Å². The van der Waals surface area contributed by atoms with Crippen molar-refractivity contribution in [2.75, 3.05) is 6.54 Å². The van der Waals surface area contributed by atoms with E-state index >= 15 is 0 Å². The van der Waals surface area contributed by atoms with Crippen LogP contribution in [0.4, 0.5) is 0 Å². The van der Waals surface area contributed by atoms with Crippen molar-refractivity contribution in [2.45, 2.75) is 43.5 Å². The zero-order chi connectivity index (χ0) is 13.9. The third-order valence-corrected chi connectivity index (χ3v) is 4.57. The summed E-state index contributed by atoms with van der Waals surface area (Å²) in [5.41, 5.74) is 1.08. The predicted molar refractivity (Wildman–Crippen MR) is 76.2 cm³/mol. The summed E-state index contributed by atoms with van der Waals surface area (Å²) in [7, 11) is -3.59. The average molecular weight is 282 g/mol. The minimum atomic E-state index is -3.59. The van der Waals surface area contributed by atoms with Gasteiger partial charge in [0.25, 0.3) is 0 Å². The third-order valence-electron chi connectivity index (χ3n) is 3.65. The van der Waals surface area contributed by atoms with E-state index in [4.69, 9.17) is 5.14 Å². The van der Waals surface area contributed by atoms with E-state index < -0.39 is 10.0 Å². The number of rotatable bonds is 7. The van der Waals surface area contributed by atoms with Crippen molar-refractivity contribution < 1.29 is 8.42 Å². The van der Waals surface area contributed by atoms with Crippen molar-refractivity contribution in [2.24, 2.45) is 11.1 Å². The first-order valence-electron chi connectivity index (χ1n) is 6.83. The Morgan fingerprint density at radius 3 is 2.47 bits per heavy atom. The van der Waals surface area contributed by atoms with Gasteiger partial charge in [0.1, 0.15) is 0 Å². The average Bonchev–Trinajstić information content (AvgIpc) is 3.17. The van der Waals surface area contributed by atoms with Gasteiger partial charge < -0.3 is 5.32 Å². The predicted octanol–water partition coefficient (Wildman–Crippen LogP) is 2.17. The van der Waals surface area contributed by atoms with Gasteiger partial charge in [-0.05, 0) is 49.9 Å². The van der Waals surface area contributed by atoms with Crippen molar-refractivity contribution >= 4 is 10.0 Å². The quantitative estimate of drug-likeness (QED) is 0.753. The Balaban J connectivity index is 1.82. The number of benzene rings is 1. The Kier molecular flexibility index (Phi) is 4.60. The minimum Gasteiger partial charge on any atom is -0.310 e. The van der Waals surface area contributed by atoms with Crippen molar-refractivity contribution in [3.05, 3.63) is 29.8 Å². The number of sulfonamides is 1. The summed E-state index contributed by atoms with van der Waals surface area (Å²) in [6.07, 6.45) is 5.35. The van der Waals surface area contributed by atoms with Crippen LogP contribution >= 0.6 is 0 Å². The molecule has 0 saturated heterocycles. The number of nitrogens with one attached hydrogen (secondary N) is 1. The maximum Gasteiger partial charge on any atom is 0.238 e. The molecule has 3 N–H and O–H groups in total. The highest BCUT2D eigenvalue weighted by Gasteiger charge is 2.20. The maximum atomic E-state index is 11.2. The smallest absolute Gasteiger partial charge is 0.238 e. The monoisotopic (exact) mass is 282 g/mol.